The lowest BCUT2D eigenvalue weighted by Gasteiger charge is -2.08. The molecule has 3 rings (SSSR count). The second kappa shape index (κ2) is 6.87. The Bertz CT molecular complexity index is 1130. The van der Waals surface area contributed by atoms with E-state index in [0.29, 0.717) is 21.0 Å². The Hall–Kier alpha value is -2.74. The first-order valence-electron chi connectivity index (χ1n) is 8.04. The van der Waals surface area contributed by atoms with E-state index in [-0.39, 0.29) is 17.8 Å². The minimum atomic E-state index is -0.822. The van der Waals surface area contributed by atoms with Gasteiger partial charge in [0.2, 0.25) is 0 Å². The van der Waals surface area contributed by atoms with E-state index in [1.807, 2.05) is 32.0 Å². The largest absolute Gasteiger partial charge is 0.329 e. The number of alkyl halides is 1. The lowest BCUT2D eigenvalue weighted by Crippen LogP contribution is -2.35. The van der Waals surface area contributed by atoms with Gasteiger partial charge in [-0.05, 0) is 38.0 Å². The zero-order valence-corrected chi connectivity index (χ0v) is 15.4. The third-order valence-corrected chi connectivity index (χ3v) is 5.42. The van der Waals surface area contributed by atoms with Crippen LogP contribution in [0, 0.1) is 20.8 Å². The SMILES string of the molecule is Cc1ccc(NC(=O)c2sc3[nH]c(=O)n(CCF)c(=O)c3c2C)c(C)c1. The van der Waals surface area contributed by atoms with Crippen molar-refractivity contribution in [3.63, 3.8) is 0 Å². The second-order valence-electron chi connectivity index (χ2n) is 6.11. The van der Waals surface area contributed by atoms with Crippen molar-refractivity contribution in [1.82, 2.24) is 9.55 Å². The lowest BCUT2D eigenvalue weighted by molar-refractivity contribution is 0.103. The number of hydrogen-bond donors (Lipinski definition) is 2. The van der Waals surface area contributed by atoms with Crippen LogP contribution < -0.4 is 16.6 Å². The van der Waals surface area contributed by atoms with Crippen LogP contribution in [0.15, 0.2) is 27.8 Å². The normalized spacial score (nSPS) is 11.1. The van der Waals surface area contributed by atoms with Crippen molar-refractivity contribution in [2.45, 2.75) is 27.3 Å². The van der Waals surface area contributed by atoms with Crippen LogP contribution >= 0.6 is 11.3 Å². The lowest BCUT2D eigenvalue weighted by atomic mass is 10.1. The Morgan fingerprint density at radius 3 is 2.65 bits per heavy atom. The standard InChI is InChI=1S/C18H18FN3O3S/c1-9-4-5-12(10(2)8-9)20-15(23)14-11(3)13-16(26-14)21-18(25)22(7-6-19)17(13)24/h4-5,8H,6-7H2,1-3H3,(H,20,23)(H,21,25). The zero-order chi connectivity index (χ0) is 19.0. The molecule has 0 radical (unpaired) electrons. The third kappa shape index (κ3) is 3.08. The fourth-order valence-electron chi connectivity index (χ4n) is 2.89. The average molecular weight is 375 g/mol. The fraction of sp³-hybridized carbons (Fsp3) is 0.278. The fourth-order valence-corrected chi connectivity index (χ4v) is 3.97. The van der Waals surface area contributed by atoms with Crippen LogP contribution in [0.4, 0.5) is 10.1 Å². The first-order chi connectivity index (χ1) is 12.3. The van der Waals surface area contributed by atoms with E-state index >= 15 is 0 Å². The van der Waals surface area contributed by atoms with Gasteiger partial charge in [0.25, 0.3) is 11.5 Å². The first-order valence-corrected chi connectivity index (χ1v) is 8.86. The maximum absolute atomic E-state index is 12.7. The smallest absolute Gasteiger partial charge is 0.321 e. The summed E-state index contributed by atoms with van der Waals surface area (Å²) < 4.78 is 13.4. The molecule has 0 aliphatic rings. The third-order valence-electron chi connectivity index (χ3n) is 4.22. The molecular formula is C18H18FN3O3S. The summed E-state index contributed by atoms with van der Waals surface area (Å²) in [7, 11) is 0. The van der Waals surface area contributed by atoms with E-state index in [1.165, 1.54) is 0 Å². The van der Waals surface area contributed by atoms with Gasteiger partial charge in [0.15, 0.2) is 0 Å². The molecule has 0 spiro atoms. The van der Waals surface area contributed by atoms with Gasteiger partial charge in [-0.1, -0.05) is 17.7 Å². The summed E-state index contributed by atoms with van der Waals surface area (Å²) in [6.07, 6.45) is 0. The number of carbonyl (C=O) groups is 1. The molecule has 0 atom stereocenters. The van der Waals surface area contributed by atoms with E-state index in [2.05, 4.69) is 10.3 Å². The number of aryl methyl sites for hydroxylation is 3. The zero-order valence-electron chi connectivity index (χ0n) is 14.6. The highest BCUT2D eigenvalue weighted by molar-refractivity contribution is 7.20. The number of hydrogen-bond acceptors (Lipinski definition) is 4. The van der Waals surface area contributed by atoms with Gasteiger partial charge in [-0.15, -0.1) is 11.3 Å². The molecule has 136 valence electrons. The number of halogens is 1. The molecule has 0 aliphatic heterocycles. The molecule has 1 amide bonds. The number of H-pyrrole nitrogens is 1. The van der Waals surface area contributed by atoms with E-state index in [0.717, 1.165) is 27.0 Å². The van der Waals surface area contributed by atoms with Gasteiger partial charge in [-0.3, -0.25) is 19.1 Å². The van der Waals surface area contributed by atoms with Crippen LogP contribution in [-0.4, -0.2) is 22.1 Å². The quantitative estimate of drug-likeness (QED) is 0.735. The highest BCUT2D eigenvalue weighted by Gasteiger charge is 2.20. The predicted molar refractivity (Wildman–Crippen MR) is 101 cm³/mol. The molecule has 6 nitrogen and oxygen atoms in total. The molecule has 3 aromatic rings. The molecule has 0 saturated heterocycles. The number of nitrogens with one attached hydrogen (secondary N) is 2. The molecule has 8 heteroatoms. The first kappa shape index (κ1) is 18.1. The van der Waals surface area contributed by atoms with Gasteiger partial charge < -0.3 is 5.32 Å². The molecule has 1 aromatic carbocycles. The summed E-state index contributed by atoms with van der Waals surface area (Å²) in [6, 6.07) is 5.68. The summed E-state index contributed by atoms with van der Waals surface area (Å²) in [4.78, 5) is 40.4. The maximum Gasteiger partial charge on any atom is 0.329 e. The van der Waals surface area contributed by atoms with Gasteiger partial charge in [-0.25, -0.2) is 9.18 Å². The van der Waals surface area contributed by atoms with E-state index in [1.54, 1.807) is 6.92 Å². The Morgan fingerprint density at radius 2 is 2.00 bits per heavy atom. The van der Waals surface area contributed by atoms with Crippen molar-refractivity contribution >= 4 is 33.1 Å². The van der Waals surface area contributed by atoms with Crippen molar-refractivity contribution in [3.05, 3.63) is 60.6 Å². The molecule has 0 unspecified atom stereocenters. The van der Waals surface area contributed by atoms with Crippen LogP contribution in [0.5, 0.6) is 0 Å². The highest BCUT2D eigenvalue weighted by atomic mass is 32.1. The molecule has 0 saturated carbocycles. The molecule has 2 aromatic heterocycles. The molecule has 0 fully saturated rings. The Kier molecular flexibility index (Phi) is 4.78. The van der Waals surface area contributed by atoms with E-state index in [9.17, 15) is 18.8 Å². The molecule has 0 aliphatic carbocycles. The van der Waals surface area contributed by atoms with Crippen LogP contribution in [-0.2, 0) is 6.54 Å². The minimum Gasteiger partial charge on any atom is -0.321 e. The Labute approximate surface area is 152 Å². The number of aromatic nitrogens is 2. The number of rotatable bonds is 4. The van der Waals surface area contributed by atoms with Gasteiger partial charge in [-0.2, -0.15) is 0 Å². The van der Waals surface area contributed by atoms with Crippen LogP contribution in [0.25, 0.3) is 10.2 Å². The van der Waals surface area contributed by atoms with Crippen molar-refractivity contribution in [3.8, 4) is 0 Å². The average Bonchev–Trinajstić information content (AvgIpc) is 2.90. The Morgan fingerprint density at radius 1 is 1.27 bits per heavy atom. The number of fused-ring (bicyclic) bond motifs is 1. The summed E-state index contributed by atoms with van der Waals surface area (Å²) >= 11 is 1.04. The predicted octanol–water partition coefficient (Wildman–Crippen LogP) is 2.90. The van der Waals surface area contributed by atoms with Crippen molar-refractivity contribution in [2.24, 2.45) is 0 Å². The molecular weight excluding hydrogens is 357 g/mol. The van der Waals surface area contributed by atoms with Gasteiger partial charge in [0.1, 0.15) is 11.5 Å². The number of anilines is 1. The van der Waals surface area contributed by atoms with Crippen LogP contribution in [0.3, 0.4) is 0 Å². The number of amides is 1. The summed E-state index contributed by atoms with van der Waals surface area (Å²) in [5.74, 6) is -0.354. The number of nitrogens with zero attached hydrogens (tertiary/aromatic N) is 1. The van der Waals surface area contributed by atoms with Gasteiger partial charge in [0.05, 0.1) is 16.8 Å². The van der Waals surface area contributed by atoms with Crippen LogP contribution in [0.1, 0.15) is 26.4 Å². The molecule has 0 bridgehead atoms. The summed E-state index contributed by atoms with van der Waals surface area (Å²) in [6.45, 7) is 4.37. The molecule has 2 N–H and O–H groups in total. The molecule has 26 heavy (non-hydrogen) atoms. The number of benzene rings is 1. The van der Waals surface area contributed by atoms with Crippen molar-refractivity contribution in [1.29, 1.82) is 0 Å². The Balaban J connectivity index is 2.07. The number of thiophene rings is 1. The maximum atomic E-state index is 12.7. The van der Waals surface area contributed by atoms with Crippen molar-refractivity contribution < 1.29 is 9.18 Å². The summed E-state index contributed by atoms with van der Waals surface area (Å²) in [5.41, 5.74) is 1.91. The molecule has 2 heterocycles. The van der Waals surface area contributed by atoms with Gasteiger partial charge >= 0.3 is 5.69 Å². The van der Waals surface area contributed by atoms with Crippen LogP contribution in [0.2, 0.25) is 0 Å². The summed E-state index contributed by atoms with van der Waals surface area (Å²) in [5, 5.41) is 3.08. The van der Waals surface area contributed by atoms with E-state index < -0.39 is 17.9 Å². The van der Waals surface area contributed by atoms with E-state index in [4.69, 9.17) is 0 Å². The second-order valence-corrected chi connectivity index (χ2v) is 7.13. The van der Waals surface area contributed by atoms with Crippen molar-refractivity contribution in [2.75, 3.05) is 12.0 Å². The highest BCUT2D eigenvalue weighted by Crippen LogP contribution is 2.27. The monoisotopic (exact) mass is 375 g/mol. The number of aromatic amines is 1. The minimum absolute atomic E-state index is 0.244. The topological polar surface area (TPSA) is 84.0 Å². The van der Waals surface area contributed by atoms with Gasteiger partial charge in [0, 0.05) is 5.69 Å². The number of carbonyl (C=O) groups excluding carboxylic acids is 1.